The molecule has 0 saturated heterocycles. The molecule has 6 nitrogen and oxygen atoms in total. The van der Waals surface area contributed by atoms with E-state index in [0.717, 1.165) is 42.4 Å². The fraction of sp³-hybridized carbons (Fsp3) is 0.448. The largest absolute Gasteiger partial charge is 0.490 e. The number of ether oxygens (including phenoxy) is 2. The van der Waals surface area contributed by atoms with Crippen molar-refractivity contribution >= 4 is 38.8 Å². The van der Waals surface area contributed by atoms with Gasteiger partial charge in [-0.2, -0.15) is 0 Å². The van der Waals surface area contributed by atoms with E-state index in [-0.39, 0.29) is 17.8 Å². The van der Waals surface area contributed by atoms with Crippen LogP contribution in [0.2, 0.25) is 5.02 Å². The predicted molar refractivity (Wildman–Crippen MR) is 149 cm³/mol. The van der Waals surface area contributed by atoms with Crippen LogP contribution in [-0.2, 0) is 26.3 Å². The number of halogens is 1. The average Bonchev–Trinajstić information content (AvgIpc) is 3.11. The van der Waals surface area contributed by atoms with E-state index in [1.165, 1.54) is 24.0 Å². The Balaban J connectivity index is 1.40. The van der Waals surface area contributed by atoms with Crippen molar-refractivity contribution in [2.75, 3.05) is 43.6 Å². The van der Waals surface area contributed by atoms with Gasteiger partial charge in [0.05, 0.1) is 31.3 Å². The number of nitrogens with zero attached hydrogens (tertiary/aromatic N) is 1. The highest BCUT2D eigenvalue weighted by Crippen LogP contribution is 2.47. The Hall–Kier alpha value is -2.48. The zero-order valence-electron chi connectivity index (χ0n) is 20.9. The van der Waals surface area contributed by atoms with Crippen LogP contribution in [0.15, 0.2) is 48.6 Å². The maximum atomic E-state index is 13.1. The van der Waals surface area contributed by atoms with Crippen LogP contribution in [0.3, 0.4) is 0 Å². The van der Waals surface area contributed by atoms with Crippen LogP contribution >= 0.6 is 11.6 Å². The second kappa shape index (κ2) is 9.68. The van der Waals surface area contributed by atoms with Gasteiger partial charge in [0.2, 0.25) is 0 Å². The number of rotatable bonds is 0. The van der Waals surface area contributed by atoms with Crippen molar-refractivity contribution in [3.63, 3.8) is 0 Å². The normalized spacial score (nSPS) is 32.4. The molecule has 1 amide bonds. The van der Waals surface area contributed by atoms with Gasteiger partial charge < -0.3 is 14.4 Å². The lowest BCUT2D eigenvalue weighted by atomic mass is 9.72. The van der Waals surface area contributed by atoms with Gasteiger partial charge in [-0.15, -0.1) is 0 Å². The summed E-state index contributed by atoms with van der Waals surface area (Å²) in [5.41, 5.74) is 3.84. The third-order valence-electron chi connectivity index (χ3n) is 8.44. The lowest BCUT2D eigenvalue weighted by Crippen LogP contribution is -2.45. The summed E-state index contributed by atoms with van der Waals surface area (Å²) < 4.78 is 27.7. The summed E-state index contributed by atoms with van der Waals surface area (Å²) in [5.74, 6) is 5.34. The molecule has 196 valence electrons. The van der Waals surface area contributed by atoms with Gasteiger partial charge in [0.15, 0.2) is 0 Å². The Morgan fingerprint density at radius 2 is 2.08 bits per heavy atom. The highest BCUT2D eigenvalue weighted by Gasteiger charge is 2.44. The van der Waals surface area contributed by atoms with E-state index in [1.807, 2.05) is 18.2 Å². The fourth-order valence-corrected chi connectivity index (χ4v) is 7.36. The first-order valence-electron chi connectivity index (χ1n) is 13.0. The van der Waals surface area contributed by atoms with Gasteiger partial charge in [0, 0.05) is 38.8 Å². The minimum absolute atomic E-state index is 0.146. The van der Waals surface area contributed by atoms with Crippen molar-refractivity contribution in [1.82, 2.24) is 4.72 Å². The molecule has 1 spiro atoms. The summed E-state index contributed by atoms with van der Waals surface area (Å²) in [7, 11) is -2.82. The van der Waals surface area contributed by atoms with E-state index in [2.05, 4.69) is 39.8 Å². The molecule has 8 heteroatoms. The molecular formula is C29H33ClN2O4S. The van der Waals surface area contributed by atoms with Gasteiger partial charge in [-0.3, -0.25) is 9.52 Å². The molecule has 37 heavy (non-hydrogen) atoms. The molecule has 1 N–H and O–H groups in total. The summed E-state index contributed by atoms with van der Waals surface area (Å²) in [6, 6.07) is 11.8. The number of benzene rings is 2. The minimum Gasteiger partial charge on any atom is -0.490 e. The molecule has 4 aliphatic rings. The maximum absolute atomic E-state index is 13.1. The zero-order chi connectivity index (χ0) is 25.6. The summed E-state index contributed by atoms with van der Waals surface area (Å²) in [6.45, 7) is 3.02. The van der Waals surface area contributed by atoms with Crippen LogP contribution in [-0.4, -0.2) is 54.6 Å². The molecule has 4 atom stereocenters. The van der Waals surface area contributed by atoms with Crippen molar-refractivity contribution in [3.05, 3.63) is 70.3 Å². The second-order valence-electron chi connectivity index (χ2n) is 10.9. The summed E-state index contributed by atoms with van der Waals surface area (Å²) in [6.07, 6.45) is 8.66. The van der Waals surface area contributed by atoms with Gasteiger partial charge in [-0.25, -0.2) is 4.21 Å². The smallest absolute Gasteiger partial charge is 0.262 e. The highest BCUT2D eigenvalue weighted by molar-refractivity contribution is 7.99. The summed E-state index contributed by atoms with van der Waals surface area (Å²) in [4.78, 5) is 15.5. The average molecular weight is 541 g/mol. The lowest BCUT2D eigenvalue weighted by Gasteiger charge is -2.41. The van der Waals surface area contributed by atoms with Crippen molar-refractivity contribution in [2.24, 2.45) is 11.8 Å². The summed E-state index contributed by atoms with van der Waals surface area (Å²) in [5, 5.41) is 0.768. The number of anilines is 1. The van der Waals surface area contributed by atoms with Crippen LogP contribution in [0, 0.1) is 11.8 Å². The van der Waals surface area contributed by atoms with Gasteiger partial charge in [0.25, 0.3) is 5.91 Å². The van der Waals surface area contributed by atoms with Gasteiger partial charge in [0.1, 0.15) is 5.75 Å². The van der Waals surface area contributed by atoms with Crippen LogP contribution in [0.25, 0.3) is 0 Å². The molecule has 1 fully saturated rings. The van der Waals surface area contributed by atoms with E-state index in [9.17, 15) is 9.00 Å². The molecule has 1 saturated carbocycles. The lowest BCUT2D eigenvalue weighted by molar-refractivity contribution is 0.0982. The first-order chi connectivity index (χ1) is 17.8. The Labute approximate surface area is 224 Å². The van der Waals surface area contributed by atoms with E-state index >= 15 is 0 Å². The zero-order valence-corrected chi connectivity index (χ0v) is 22.5. The van der Waals surface area contributed by atoms with E-state index in [4.69, 9.17) is 21.1 Å². The molecule has 2 bridgehead atoms. The number of fused-ring (bicyclic) bond motifs is 4. The number of hydrogen-bond donors (Lipinski definition) is 1. The van der Waals surface area contributed by atoms with Gasteiger partial charge in [-0.05, 0) is 84.8 Å². The molecule has 0 aromatic heterocycles. The van der Waals surface area contributed by atoms with Crippen molar-refractivity contribution < 1.29 is 18.5 Å². The number of aryl methyl sites for hydroxylation is 1. The third-order valence-corrected chi connectivity index (χ3v) is 10.1. The Morgan fingerprint density at radius 3 is 2.92 bits per heavy atom. The van der Waals surface area contributed by atoms with Gasteiger partial charge >= 0.3 is 0 Å². The van der Waals surface area contributed by atoms with Crippen molar-refractivity contribution in [1.29, 1.82) is 0 Å². The topological polar surface area (TPSA) is 67.9 Å². The second-order valence-corrected chi connectivity index (χ2v) is 13.6. The van der Waals surface area contributed by atoms with Crippen LogP contribution in [0.5, 0.6) is 5.75 Å². The minimum atomic E-state index is -2.82. The molecular weight excluding hydrogens is 508 g/mol. The first-order valence-corrected chi connectivity index (χ1v) is 15.3. The fourth-order valence-electron chi connectivity index (χ4n) is 6.22. The molecule has 2 aromatic carbocycles. The van der Waals surface area contributed by atoms with Crippen LogP contribution in [0.1, 0.15) is 40.7 Å². The van der Waals surface area contributed by atoms with Crippen LogP contribution < -0.4 is 14.4 Å². The number of amides is 1. The number of allylic oxidation sites excluding steroid dienone is 1. The molecule has 2 aliphatic carbocycles. The molecule has 2 aromatic rings. The molecule has 6 rings (SSSR count). The SMILES string of the molecule is C=S1(=O)CCOC/C=C/[C@@H]2CC[C@H]2CN2C[C@@]3(CCc4cc(Cl)ccc43)COc3ccc(cc32)C(=O)N1. The van der Waals surface area contributed by atoms with Crippen molar-refractivity contribution in [3.8, 4) is 5.75 Å². The van der Waals surface area contributed by atoms with E-state index in [1.54, 1.807) is 6.07 Å². The van der Waals surface area contributed by atoms with E-state index in [0.29, 0.717) is 30.6 Å². The monoisotopic (exact) mass is 540 g/mol. The predicted octanol–water partition coefficient (Wildman–Crippen LogP) is 4.40. The summed E-state index contributed by atoms with van der Waals surface area (Å²) >= 11 is 6.33. The molecule has 2 heterocycles. The Morgan fingerprint density at radius 1 is 1.19 bits per heavy atom. The molecule has 1 unspecified atom stereocenters. The maximum Gasteiger partial charge on any atom is 0.262 e. The highest BCUT2D eigenvalue weighted by atomic mass is 35.5. The number of nitrogens with one attached hydrogen (secondary N) is 1. The molecule has 2 aliphatic heterocycles. The number of hydrogen-bond acceptors (Lipinski definition) is 5. The van der Waals surface area contributed by atoms with E-state index < -0.39 is 15.6 Å². The first kappa shape index (κ1) is 24.8. The van der Waals surface area contributed by atoms with Crippen LogP contribution in [0.4, 0.5) is 5.69 Å². The quantitative estimate of drug-likeness (QED) is 0.396. The Kier molecular flexibility index (Phi) is 6.50. The third kappa shape index (κ3) is 4.89. The number of carbonyl (C=O) groups is 1. The molecule has 0 radical (unpaired) electrons. The van der Waals surface area contributed by atoms with Crippen molar-refractivity contribution in [2.45, 2.75) is 31.1 Å². The number of carbonyl (C=O) groups excluding carboxylic acids is 1. The standard InChI is InChI=1S/C29H33ClN2O4S/c1-37(34)14-13-35-12-2-3-20-4-5-23(20)17-32-18-29(11-10-21-15-24(30)7-8-25(21)29)19-36-27-9-6-22(16-26(27)32)28(33)31-37/h2-3,6-9,15-16,20,23H,1,4-5,10-14,17-19H2,(H,31,33,34)/b3-2+/t20-,23+,29+,37?/m1/s1. The van der Waals surface area contributed by atoms with Gasteiger partial charge in [-0.1, -0.05) is 29.8 Å². The Bertz CT molecular complexity index is 1360.